The molecule has 1 aliphatic carbocycles. The topological polar surface area (TPSA) is 111 Å². The van der Waals surface area contributed by atoms with Crippen LogP contribution in [0.1, 0.15) is 42.5 Å². The van der Waals surface area contributed by atoms with Crippen LogP contribution in [-0.2, 0) is 19.4 Å². The fraction of sp³-hybridized carbons (Fsp3) is 0.500. The molecule has 9 nitrogen and oxygen atoms in total. The van der Waals surface area contributed by atoms with Crippen LogP contribution in [-0.4, -0.2) is 70.2 Å². The molecular weight excluding hydrogens is 408 g/mol. The van der Waals surface area contributed by atoms with Crippen molar-refractivity contribution in [3.05, 3.63) is 42.5 Å². The number of sulfone groups is 1. The predicted molar refractivity (Wildman–Crippen MR) is 108 cm³/mol. The Balaban J connectivity index is 1.39. The molecule has 1 aromatic carbocycles. The summed E-state index contributed by atoms with van der Waals surface area (Å²) in [5, 5.41) is 4.02. The van der Waals surface area contributed by atoms with Gasteiger partial charge >= 0.3 is 5.97 Å². The van der Waals surface area contributed by atoms with Gasteiger partial charge in [-0.15, -0.1) is 0 Å². The highest BCUT2D eigenvalue weighted by Crippen LogP contribution is 2.29. The summed E-state index contributed by atoms with van der Waals surface area (Å²) in [6, 6.07) is 6.31. The molecule has 1 unspecified atom stereocenters. The summed E-state index contributed by atoms with van der Waals surface area (Å²) in [5.74, 6) is -0.825. The molecular formula is C20H24N4O5S. The van der Waals surface area contributed by atoms with E-state index in [0.717, 1.165) is 31.4 Å². The number of amides is 1. The van der Waals surface area contributed by atoms with Gasteiger partial charge in [-0.05, 0) is 43.5 Å². The summed E-state index contributed by atoms with van der Waals surface area (Å²) in [4.78, 5) is 30.9. The van der Waals surface area contributed by atoms with E-state index in [1.165, 1.54) is 6.33 Å². The third-order valence-electron chi connectivity index (χ3n) is 5.72. The second-order valence-electron chi connectivity index (χ2n) is 7.76. The minimum Gasteiger partial charge on any atom is -0.452 e. The highest BCUT2D eigenvalue weighted by Gasteiger charge is 2.39. The highest BCUT2D eigenvalue weighted by molar-refractivity contribution is 7.91. The van der Waals surface area contributed by atoms with Crippen LogP contribution >= 0.6 is 0 Å². The van der Waals surface area contributed by atoms with Gasteiger partial charge in [-0.1, -0.05) is 12.8 Å². The Bertz CT molecular complexity index is 998. The number of hydrogen-bond acceptors (Lipinski definition) is 7. The van der Waals surface area contributed by atoms with Crippen molar-refractivity contribution in [1.29, 1.82) is 0 Å². The van der Waals surface area contributed by atoms with Gasteiger partial charge in [-0.25, -0.2) is 22.9 Å². The number of aromatic nitrogens is 3. The average molecular weight is 433 g/mol. The smallest absolute Gasteiger partial charge is 0.338 e. The first kappa shape index (κ1) is 20.5. The summed E-state index contributed by atoms with van der Waals surface area (Å²) in [5.41, 5.74) is 1.07. The highest BCUT2D eigenvalue weighted by atomic mass is 32.2. The van der Waals surface area contributed by atoms with Crippen LogP contribution in [0.3, 0.4) is 0 Å². The van der Waals surface area contributed by atoms with E-state index in [-0.39, 0.29) is 29.5 Å². The molecule has 0 N–H and O–H groups in total. The molecule has 0 radical (unpaired) electrons. The molecule has 1 saturated carbocycles. The van der Waals surface area contributed by atoms with Crippen molar-refractivity contribution < 1.29 is 22.7 Å². The largest absolute Gasteiger partial charge is 0.452 e. The van der Waals surface area contributed by atoms with Gasteiger partial charge in [0.1, 0.15) is 12.7 Å². The molecule has 0 bridgehead atoms. The van der Waals surface area contributed by atoms with E-state index < -0.39 is 22.4 Å². The number of carbonyl (C=O) groups excluding carboxylic acids is 2. The third kappa shape index (κ3) is 4.53. The third-order valence-corrected chi connectivity index (χ3v) is 7.47. The zero-order valence-electron chi connectivity index (χ0n) is 16.5. The van der Waals surface area contributed by atoms with Gasteiger partial charge in [0.15, 0.2) is 16.4 Å². The van der Waals surface area contributed by atoms with E-state index in [4.69, 9.17) is 4.74 Å². The zero-order chi connectivity index (χ0) is 21.1. The molecule has 2 aromatic rings. The van der Waals surface area contributed by atoms with E-state index in [9.17, 15) is 18.0 Å². The Morgan fingerprint density at radius 3 is 2.43 bits per heavy atom. The minimum absolute atomic E-state index is 0.00701. The quantitative estimate of drug-likeness (QED) is 0.634. The number of benzene rings is 1. The van der Waals surface area contributed by atoms with Crippen LogP contribution < -0.4 is 0 Å². The molecule has 1 aromatic heterocycles. The molecule has 1 saturated heterocycles. The lowest BCUT2D eigenvalue weighted by molar-refractivity contribution is -0.139. The van der Waals surface area contributed by atoms with E-state index in [1.807, 2.05) is 0 Å². The number of hydrogen-bond donors (Lipinski definition) is 0. The van der Waals surface area contributed by atoms with Gasteiger partial charge in [0.2, 0.25) is 0 Å². The van der Waals surface area contributed by atoms with Crippen LogP contribution in [0.15, 0.2) is 36.9 Å². The van der Waals surface area contributed by atoms with Gasteiger partial charge < -0.3 is 9.64 Å². The molecule has 2 heterocycles. The van der Waals surface area contributed by atoms with Crippen molar-refractivity contribution in [2.75, 3.05) is 18.1 Å². The Labute approximate surface area is 175 Å². The lowest BCUT2D eigenvalue weighted by Crippen LogP contribution is -2.48. The van der Waals surface area contributed by atoms with Crippen LogP contribution in [0.4, 0.5) is 0 Å². The molecule has 1 atom stereocenters. The summed E-state index contributed by atoms with van der Waals surface area (Å²) >= 11 is 0. The molecule has 2 aliphatic rings. The molecule has 0 spiro atoms. The maximum absolute atomic E-state index is 12.9. The van der Waals surface area contributed by atoms with Gasteiger partial charge in [-0.2, -0.15) is 5.10 Å². The van der Waals surface area contributed by atoms with E-state index in [1.54, 1.807) is 40.2 Å². The van der Waals surface area contributed by atoms with Gasteiger partial charge in [-0.3, -0.25) is 4.79 Å². The fourth-order valence-electron chi connectivity index (χ4n) is 4.26. The maximum atomic E-state index is 12.9. The Morgan fingerprint density at radius 1 is 1.10 bits per heavy atom. The Kier molecular flexibility index (Phi) is 5.85. The van der Waals surface area contributed by atoms with E-state index >= 15 is 0 Å². The van der Waals surface area contributed by atoms with Crippen molar-refractivity contribution in [1.82, 2.24) is 19.7 Å². The minimum atomic E-state index is -3.11. The SMILES string of the molecule is O=C(OCC(=O)N(C1CCCC1)C1CCS(=O)(=O)C1)c1ccc(-n2cncn2)cc1. The van der Waals surface area contributed by atoms with Crippen LogP contribution in [0.25, 0.3) is 5.69 Å². The summed E-state index contributed by atoms with van der Waals surface area (Å²) in [6.45, 7) is -0.392. The maximum Gasteiger partial charge on any atom is 0.338 e. The number of rotatable bonds is 6. The van der Waals surface area contributed by atoms with Crippen molar-refractivity contribution in [3.8, 4) is 5.69 Å². The van der Waals surface area contributed by atoms with Gasteiger partial charge in [0.25, 0.3) is 5.91 Å². The number of carbonyl (C=O) groups is 2. The number of nitrogens with zero attached hydrogens (tertiary/aromatic N) is 4. The second-order valence-corrected chi connectivity index (χ2v) is 9.99. The predicted octanol–water partition coefficient (Wildman–Crippen LogP) is 1.38. The number of esters is 1. The normalized spacial score (nSPS) is 20.9. The van der Waals surface area contributed by atoms with Crippen LogP contribution in [0.5, 0.6) is 0 Å². The van der Waals surface area contributed by atoms with Crippen LogP contribution in [0, 0.1) is 0 Å². The molecule has 160 valence electrons. The second kappa shape index (κ2) is 8.55. The van der Waals surface area contributed by atoms with Crippen LogP contribution in [0.2, 0.25) is 0 Å². The van der Waals surface area contributed by atoms with Gasteiger partial charge in [0.05, 0.1) is 22.8 Å². The standard InChI is InChI=1S/C20H24N4O5S/c25-19(24(17-3-1-2-4-17)18-9-10-30(27,28)12-18)11-29-20(26)15-5-7-16(8-6-15)23-14-21-13-22-23/h5-8,13-14,17-18H,1-4,9-12H2. The zero-order valence-corrected chi connectivity index (χ0v) is 17.3. The first-order valence-electron chi connectivity index (χ1n) is 10.1. The van der Waals surface area contributed by atoms with Crippen molar-refractivity contribution in [3.63, 3.8) is 0 Å². The molecule has 2 fully saturated rings. The summed E-state index contributed by atoms with van der Waals surface area (Å²) in [6.07, 6.45) is 7.17. The molecule has 1 aliphatic heterocycles. The van der Waals surface area contributed by atoms with E-state index in [0.29, 0.717) is 12.0 Å². The molecule has 4 rings (SSSR count). The number of ether oxygens (including phenoxy) is 1. The van der Waals surface area contributed by atoms with Crippen molar-refractivity contribution >= 4 is 21.7 Å². The molecule has 1 amide bonds. The first-order valence-corrected chi connectivity index (χ1v) is 11.9. The van der Waals surface area contributed by atoms with E-state index in [2.05, 4.69) is 10.1 Å². The summed E-state index contributed by atoms with van der Waals surface area (Å²) < 4.78 is 30.6. The Morgan fingerprint density at radius 2 is 1.83 bits per heavy atom. The molecule has 30 heavy (non-hydrogen) atoms. The lowest BCUT2D eigenvalue weighted by atomic mass is 10.1. The lowest BCUT2D eigenvalue weighted by Gasteiger charge is -2.33. The fourth-order valence-corrected chi connectivity index (χ4v) is 5.97. The average Bonchev–Trinajstić information content (AvgIpc) is 3.49. The van der Waals surface area contributed by atoms with Crippen molar-refractivity contribution in [2.45, 2.75) is 44.2 Å². The van der Waals surface area contributed by atoms with Crippen molar-refractivity contribution in [2.24, 2.45) is 0 Å². The summed E-state index contributed by atoms with van der Waals surface area (Å²) in [7, 11) is -3.11. The monoisotopic (exact) mass is 432 g/mol. The molecule has 10 heteroatoms. The first-order chi connectivity index (χ1) is 14.4. The van der Waals surface area contributed by atoms with Gasteiger partial charge in [0, 0.05) is 12.1 Å². The Hall–Kier alpha value is -2.75.